The summed E-state index contributed by atoms with van der Waals surface area (Å²) in [6, 6.07) is 19.1. The molecule has 4 heterocycles. The van der Waals surface area contributed by atoms with Crippen molar-refractivity contribution in [1.29, 1.82) is 0 Å². The number of nitrogens with zero attached hydrogens (tertiary/aromatic N) is 4. The maximum absolute atomic E-state index is 14.0. The summed E-state index contributed by atoms with van der Waals surface area (Å²) in [6.07, 6.45) is -0.756. The molecule has 3 amide bonds. The summed E-state index contributed by atoms with van der Waals surface area (Å²) in [5.74, 6) is -0.644. The van der Waals surface area contributed by atoms with Crippen LogP contribution < -0.4 is 15.8 Å². The third-order valence-electron chi connectivity index (χ3n) is 8.81. The molecule has 0 saturated carbocycles. The Labute approximate surface area is 247 Å². The van der Waals surface area contributed by atoms with E-state index >= 15 is 0 Å². The van der Waals surface area contributed by atoms with Gasteiger partial charge in [0.1, 0.15) is 23.6 Å². The van der Waals surface area contributed by atoms with Crippen LogP contribution in [0.3, 0.4) is 0 Å². The fourth-order valence-corrected chi connectivity index (χ4v) is 7.08. The standard InChI is InChI=1S/C33H31N5O5/c1-18(2)16-27-31(42)38-26-15-9-6-12-22(26)33(43,32(38)36(27)19(3)39)17-24-28-34-23-13-7-4-10-20(23)30(41)37(28)25-14-8-5-11-21(25)29(40)35-24/h4-15,18,24,27,32,43H,16-17H2,1-3H3,(H,35,40)/t24-,27-,32-,33-/m0/s1. The number of hydrogen-bond donors (Lipinski definition) is 2. The molecule has 4 atom stereocenters. The quantitative estimate of drug-likeness (QED) is 0.383. The predicted octanol–water partition coefficient (Wildman–Crippen LogP) is 3.40. The molecule has 10 heteroatoms. The molecule has 0 aliphatic carbocycles. The van der Waals surface area contributed by atoms with Crippen LogP contribution in [0.5, 0.6) is 0 Å². The lowest BCUT2D eigenvalue weighted by molar-refractivity contribution is -0.141. The van der Waals surface area contributed by atoms with Gasteiger partial charge in [-0.2, -0.15) is 0 Å². The van der Waals surface area contributed by atoms with E-state index < -0.39 is 29.8 Å². The normalized spacial score (nSPS) is 24.0. The fourth-order valence-electron chi connectivity index (χ4n) is 7.08. The first-order chi connectivity index (χ1) is 20.6. The average Bonchev–Trinajstić information content (AvgIpc) is 3.37. The highest BCUT2D eigenvalue weighted by molar-refractivity contribution is 6.05. The summed E-state index contributed by atoms with van der Waals surface area (Å²) >= 11 is 0. The summed E-state index contributed by atoms with van der Waals surface area (Å²) < 4.78 is 1.44. The summed E-state index contributed by atoms with van der Waals surface area (Å²) in [7, 11) is 0. The molecule has 1 saturated heterocycles. The third kappa shape index (κ3) is 3.86. The summed E-state index contributed by atoms with van der Waals surface area (Å²) in [5.41, 5.74) is -0.0156. The fraction of sp³-hybridized carbons (Fsp3) is 0.303. The van der Waals surface area contributed by atoms with Crippen LogP contribution in [-0.2, 0) is 15.2 Å². The molecular weight excluding hydrogens is 546 g/mol. The maximum atomic E-state index is 14.0. The van der Waals surface area contributed by atoms with Crippen molar-refractivity contribution < 1.29 is 19.5 Å². The summed E-state index contributed by atoms with van der Waals surface area (Å²) in [4.78, 5) is 62.7. The van der Waals surface area contributed by atoms with Crippen LogP contribution in [-0.4, -0.2) is 49.5 Å². The molecule has 3 aromatic carbocycles. The smallest absolute Gasteiger partial charge is 0.266 e. The summed E-state index contributed by atoms with van der Waals surface area (Å²) in [6.45, 7) is 5.37. The van der Waals surface area contributed by atoms with Gasteiger partial charge in [0.2, 0.25) is 5.91 Å². The Bertz CT molecular complexity index is 1900. The first kappa shape index (κ1) is 27.0. The molecule has 3 aliphatic rings. The van der Waals surface area contributed by atoms with E-state index in [1.54, 1.807) is 72.8 Å². The Morgan fingerprint density at radius 1 is 0.977 bits per heavy atom. The molecule has 3 aliphatic heterocycles. The molecule has 2 N–H and O–H groups in total. The van der Waals surface area contributed by atoms with E-state index in [1.165, 1.54) is 21.3 Å². The number of benzene rings is 3. The van der Waals surface area contributed by atoms with Crippen molar-refractivity contribution >= 4 is 34.3 Å². The lowest BCUT2D eigenvalue weighted by Gasteiger charge is -2.39. The van der Waals surface area contributed by atoms with Gasteiger partial charge < -0.3 is 15.3 Å². The highest BCUT2D eigenvalue weighted by atomic mass is 16.3. The van der Waals surface area contributed by atoms with E-state index in [-0.39, 0.29) is 35.5 Å². The molecule has 4 aromatic rings. The van der Waals surface area contributed by atoms with Gasteiger partial charge in [0.15, 0.2) is 0 Å². The van der Waals surface area contributed by atoms with Crippen LogP contribution in [0.4, 0.5) is 5.69 Å². The van der Waals surface area contributed by atoms with Crippen LogP contribution >= 0.6 is 0 Å². The van der Waals surface area contributed by atoms with E-state index in [9.17, 15) is 24.3 Å². The SMILES string of the molecule is CC(=O)N1[C@H]2N(C(=O)[C@@H]1CC(C)C)c1ccccc1[C@@]2(O)C[C@@H]1NC(=O)c2ccccc2-n2c1nc1ccccc1c2=O. The zero-order chi connectivity index (χ0) is 30.2. The zero-order valence-corrected chi connectivity index (χ0v) is 24.0. The molecule has 1 aromatic heterocycles. The van der Waals surface area contributed by atoms with Crippen molar-refractivity contribution in [3.63, 3.8) is 0 Å². The van der Waals surface area contributed by atoms with Crippen molar-refractivity contribution in [3.05, 3.63) is 100 Å². The van der Waals surface area contributed by atoms with Crippen molar-refractivity contribution in [2.45, 2.75) is 57.5 Å². The number of carbonyl (C=O) groups is 3. The monoisotopic (exact) mass is 577 g/mol. The van der Waals surface area contributed by atoms with E-state index in [2.05, 4.69) is 5.32 Å². The number of amides is 3. The number of fused-ring (bicyclic) bond motifs is 7. The highest BCUT2D eigenvalue weighted by Gasteiger charge is 2.63. The molecule has 7 rings (SSSR count). The molecule has 0 unspecified atom stereocenters. The Morgan fingerprint density at radius 3 is 2.40 bits per heavy atom. The van der Waals surface area contributed by atoms with E-state index in [1.807, 2.05) is 13.8 Å². The average molecular weight is 578 g/mol. The molecule has 218 valence electrons. The van der Waals surface area contributed by atoms with Crippen molar-refractivity contribution in [2.24, 2.45) is 5.92 Å². The van der Waals surface area contributed by atoms with Gasteiger partial charge in [-0.05, 0) is 42.7 Å². The molecule has 43 heavy (non-hydrogen) atoms. The number of aromatic nitrogens is 2. The number of carbonyl (C=O) groups excluding carboxylic acids is 3. The molecular formula is C33H31N5O5. The van der Waals surface area contributed by atoms with Crippen molar-refractivity contribution in [3.8, 4) is 5.69 Å². The lowest BCUT2D eigenvalue weighted by Crippen LogP contribution is -2.54. The van der Waals surface area contributed by atoms with Gasteiger partial charge in [-0.3, -0.25) is 28.6 Å². The Morgan fingerprint density at radius 2 is 1.65 bits per heavy atom. The van der Waals surface area contributed by atoms with Crippen LogP contribution in [0.25, 0.3) is 16.6 Å². The number of rotatable bonds is 4. The molecule has 1 fully saturated rings. The van der Waals surface area contributed by atoms with Gasteiger partial charge >= 0.3 is 0 Å². The molecule has 10 nitrogen and oxygen atoms in total. The van der Waals surface area contributed by atoms with Gasteiger partial charge in [0.05, 0.1) is 33.9 Å². The van der Waals surface area contributed by atoms with Gasteiger partial charge in [-0.1, -0.05) is 56.3 Å². The van der Waals surface area contributed by atoms with Crippen LogP contribution in [0.15, 0.2) is 77.6 Å². The molecule has 0 spiro atoms. The topological polar surface area (TPSA) is 125 Å². The second-order valence-electron chi connectivity index (χ2n) is 12.0. The lowest BCUT2D eigenvalue weighted by atomic mass is 9.85. The largest absolute Gasteiger partial charge is 0.381 e. The first-order valence-electron chi connectivity index (χ1n) is 14.5. The molecule has 0 radical (unpaired) electrons. The molecule has 0 bridgehead atoms. The number of hydrogen-bond acceptors (Lipinski definition) is 6. The highest BCUT2D eigenvalue weighted by Crippen LogP contribution is 2.53. The Balaban J connectivity index is 1.44. The van der Waals surface area contributed by atoms with Gasteiger partial charge in [0.25, 0.3) is 17.4 Å². The second kappa shape index (κ2) is 9.60. The minimum absolute atomic E-state index is 0.120. The Kier molecular flexibility index (Phi) is 6.04. The van der Waals surface area contributed by atoms with E-state index in [4.69, 9.17) is 4.98 Å². The number of nitrogens with one attached hydrogen (secondary N) is 1. The second-order valence-corrected chi connectivity index (χ2v) is 12.0. The number of anilines is 1. The van der Waals surface area contributed by atoms with Crippen LogP contribution in [0, 0.1) is 5.92 Å². The van der Waals surface area contributed by atoms with Crippen LogP contribution in [0.2, 0.25) is 0 Å². The van der Waals surface area contributed by atoms with Crippen LogP contribution in [0.1, 0.15) is 61.4 Å². The first-order valence-corrected chi connectivity index (χ1v) is 14.5. The van der Waals surface area contributed by atoms with Crippen molar-refractivity contribution in [1.82, 2.24) is 19.8 Å². The van der Waals surface area contributed by atoms with Gasteiger partial charge in [0, 0.05) is 18.9 Å². The van der Waals surface area contributed by atoms with E-state index in [0.29, 0.717) is 39.8 Å². The van der Waals surface area contributed by atoms with E-state index in [0.717, 1.165) is 0 Å². The maximum Gasteiger partial charge on any atom is 0.266 e. The van der Waals surface area contributed by atoms with Gasteiger partial charge in [-0.15, -0.1) is 0 Å². The third-order valence-corrected chi connectivity index (χ3v) is 8.81. The number of para-hydroxylation sites is 3. The minimum atomic E-state index is -1.80. The Hall–Kier alpha value is -4.83. The minimum Gasteiger partial charge on any atom is -0.381 e. The van der Waals surface area contributed by atoms with Gasteiger partial charge in [-0.25, -0.2) is 4.98 Å². The summed E-state index contributed by atoms with van der Waals surface area (Å²) in [5, 5.41) is 16.2. The predicted molar refractivity (Wildman–Crippen MR) is 160 cm³/mol. The zero-order valence-electron chi connectivity index (χ0n) is 24.0. The van der Waals surface area contributed by atoms with Crippen molar-refractivity contribution in [2.75, 3.05) is 4.90 Å². The number of aliphatic hydroxyl groups is 1.